The van der Waals surface area contributed by atoms with Gasteiger partial charge in [0.15, 0.2) is 0 Å². The molecule has 0 aliphatic carbocycles. The summed E-state index contributed by atoms with van der Waals surface area (Å²) in [6.45, 7) is 0.854. The van der Waals surface area contributed by atoms with E-state index in [1.54, 1.807) is 48.5 Å². The first kappa shape index (κ1) is 25.4. The van der Waals surface area contributed by atoms with Crippen molar-refractivity contribution in [1.29, 1.82) is 0 Å². The summed E-state index contributed by atoms with van der Waals surface area (Å²) in [4.78, 5) is 12.1. The molecule has 0 saturated carbocycles. The fourth-order valence-electron chi connectivity index (χ4n) is 3.15. The second kappa shape index (κ2) is 12.3. The molecule has 1 N–H and O–H groups in total. The zero-order chi connectivity index (χ0) is 24.4. The lowest BCUT2D eigenvalue weighted by atomic mass is 10.2. The number of para-hydroxylation sites is 1. The van der Waals surface area contributed by atoms with Crippen molar-refractivity contribution in [2.24, 2.45) is 0 Å². The number of anilines is 1. The summed E-state index contributed by atoms with van der Waals surface area (Å²) in [5, 5.41) is 3.40. The Bertz CT molecular complexity index is 1150. The summed E-state index contributed by atoms with van der Waals surface area (Å²) in [6.07, 6.45) is 1.72. The molecule has 7 nitrogen and oxygen atoms in total. The van der Waals surface area contributed by atoms with Crippen LogP contribution in [0.4, 0.5) is 5.69 Å². The van der Waals surface area contributed by atoms with Gasteiger partial charge in [-0.05, 0) is 67.1 Å². The van der Waals surface area contributed by atoms with Crippen LogP contribution in [0.1, 0.15) is 12.8 Å². The van der Waals surface area contributed by atoms with Crippen LogP contribution in [0.3, 0.4) is 0 Å². The van der Waals surface area contributed by atoms with Crippen LogP contribution in [0.5, 0.6) is 17.2 Å². The number of nitrogens with zero attached hydrogens (tertiary/aromatic N) is 1. The minimum Gasteiger partial charge on any atom is -0.492 e. The van der Waals surface area contributed by atoms with Crippen LogP contribution in [0.2, 0.25) is 5.02 Å². The molecule has 3 aromatic rings. The Morgan fingerprint density at radius 2 is 1.53 bits per heavy atom. The predicted octanol–water partition coefficient (Wildman–Crippen LogP) is 4.87. The Balaban J connectivity index is 1.45. The molecular weight excluding hydrogens is 476 g/mol. The van der Waals surface area contributed by atoms with Gasteiger partial charge in [0.2, 0.25) is 15.9 Å². The number of sulfonamides is 1. The van der Waals surface area contributed by atoms with Crippen molar-refractivity contribution in [2.45, 2.75) is 12.8 Å². The molecule has 0 atom stereocenters. The summed E-state index contributed by atoms with van der Waals surface area (Å²) in [6, 6.07) is 23.1. The normalized spacial score (nSPS) is 11.0. The van der Waals surface area contributed by atoms with Crippen LogP contribution in [0, 0.1) is 0 Å². The molecule has 0 fully saturated rings. The largest absolute Gasteiger partial charge is 0.492 e. The zero-order valence-electron chi connectivity index (χ0n) is 18.8. The Hall–Kier alpha value is -3.23. The first-order valence-corrected chi connectivity index (χ1v) is 13.0. The predicted molar refractivity (Wildman–Crippen MR) is 134 cm³/mol. The van der Waals surface area contributed by atoms with Crippen LogP contribution >= 0.6 is 11.6 Å². The van der Waals surface area contributed by atoms with Crippen molar-refractivity contribution in [3.8, 4) is 17.2 Å². The van der Waals surface area contributed by atoms with Gasteiger partial charge in [0.1, 0.15) is 23.9 Å². The summed E-state index contributed by atoms with van der Waals surface area (Å²) >= 11 is 5.83. The van der Waals surface area contributed by atoms with Crippen LogP contribution < -0.4 is 19.1 Å². The van der Waals surface area contributed by atoms with Crippen molar-refractivity contribution in [3.63, 3.8) is 0 Å². The lowest BCUT2D eigenvalue weighted by Gasteiger charge is -2.22. The second-order valence-electron chi connectivity index (χ2n) is 7.50. The smallest absolute Gasteiger partial charge is 0.232 e. The molecule has 0 spiro atoms. The van der Waals surface area contributed by atoms with Crippen molar-refractivity contribution >= 4 is 33.2 Å². The molecule has 0 heterocycles. The monoisotopic (exact) mass is 502 g/mol. The first-order valence-electron chi connectivity index (χ1n) is 10.8. The van der Waals surface area contributed by atoms with Gasteiger partial charge < -0.3 is 14.8 Å². The summed E-state index contributed by atoms with van der Waals surface area (Å²) < 4.78 is 37.2. The van der Waals surface area contributed by atoms with Gasteiger partial charge in [0.05, 0.1) is 18.5 Å². The van der Waals surface area contributed by atoms with Gasteiger partial charge in [-0.15, -0.1) is 0 Å². The number of hydrogen-bond donors (Lipinski definition) is 1. The maximum absolute atomic E-state index is 12.3. The number of benzene rings is 3. The minimum atomic E-state index is -3.51. The molecule has 1 amide bonds. The van der Waals surface area contributed by atoms with Gasteiger partial charge >= 0.3 is 0 Å². The average molecular weight is 503 g/mol. The highest BCUT2D eigenvalue weighted by atomic mass is 35.5. The Labute approximate surface area is 205 Å². The van der Waals surface area contributed by atoms with Gasteiger partial charge in [-0.25, -0.2) is 8.42 Å². The maximum Gasteiger partial charge on any atom is 0.232 e. The molecule has 0 aliphatic heterocycles. The molecule has 3 aromatic carbocycles. The fraction of sp³-hybridized carbons (Fsp3) is 0.240. The number of carbonyl (C=O) groups excluding carboxylic acids is 1. The number of hydrogen-bond acceptors (Lipinski definition) is 5. The molecule has 0 bridgehead atoms. The Morgan fingerprint density at radius 1 is 0.912 bits per heavy atom. The lowest BCUT2D eigenvalue weighted by molar-refractivity contribution is -0.121. The maximum atomic E-state index is 12.3. The molecule has 0 saturated heterocycles. The second-order valence-corrected chi connectivity index (χ2v) is 9.84. The third-order valence-corrected chi connectivity index (χ3v) is 6.22. The van der Waals surface area contributed by atoms with Crippen LogP contribution in [-0.4, -0.2) is 40.3 Å². The number of nitrogens with one attached hydrogen (secondary N) is 1. The van der Waals surface area contributed by atoms with Gasteiger partial charge in [-0.2, -0.15) is 0 Å². The number of carbonyl (C=O) groups is 1. The van der Waals surface area contributed by atoms with E-state index in [4.69, 9.17) is 21.1 Å². The van der Waals surface area contributed by atoms with E-state index in [1.807, 2.05) is 30.3 Å². The number of rotatable bonds is 12. The zero-order valence-corrected chi connectivity index (χ0v) is 20.4. The molecule has 3 rings (SSSR count). The number of halogens is 1. The molecule has 0 unspecified atom stereocenters. The number of amides is 1. The summed E-state index contributed by atoms with van der Waals surface area (Å²) in [5.41, 5.74) is 0.514. The summed E-state index contributed by atoms with van der Waals surface area (Å²) in [7, 11) is -3.51. The molecule has 0 aromatic heterocycles. The van der Waals surface area contributed by atoms with E-state index in [9.17, 15) is 13.2 Å². The highest BCUT2D eigenvalue weighted by Crippen LogP contribution is 2.25. The fourth-order valence-corrected chi connectivity index (χ4v) is 4.24. The molecular formula is C25H27ClN2O5S. The van der Waals surface area contributed by atoms with Gasteiger partial charge in [-0.3, -0.25) is 9.10 Å². The molecule has 0 aliphatic rings. The quantitative estimate of drug-likeness (QED) is 0.357. The topological polar surface area (TPSA) is 84.9 Å². The highest BCUT2D eigenvalue weighted by molar-refractivity contribution is 7.92. The van der Waals surface area contributed by atoms with E-state index in [0.29, 0.717) is 47.5 Å². The molecule has 9 heteroatoms. The van der Waals surface area contributed by atoms with Crippen molar-refractivity contribution in [1.82, 2.24) is 5.32 Å². The Morgan fingerprint density at radius 3 is 2.18 bits per heavy atom. The summed E-state index contributed by atoms with van der Waals surface area (Å²) in [5.74, 6) is 1.80. The lowest BCUT2D eigenvalue weighted by Crippen LogP contribution is -2.32. The average Bonchev–Trinajstić information content (AvgIpc) is 2.81. The van der Waals surface area contributed by atoms with Crippen molar-refractivity contribution in [2.75, 3.05) is 30.3 Å². The molecule has 0 radical (unpaired) electrons. The van der Waals surface area contributed by atoms with E-state index >= 15 is 0 Å². The SMILES string of the molecule is CS(=O)(=O)N(CCCC(=O)NCCOc1ccc(Cl)cc1)c1ccc(Oc2ccccc2)cc1. The van der Waals surface area contributed by atoms with E-state index in [2.05, 4.69) is 5.32 Å². The third-order valence-electron chi connectivity index (χ3n) is 4.78. The Kier molecular flexibility index (Phi) is 9.18. The number of ether oxygens (including phenoxy) is 2. The third kappa shape index (κ3) is 8.28. The van der Waals surface area contributed by atoms with Crippen molar-refractivity contribution < 1.29 is 22.7 Å². The highest BCUT2D eigenvalue weighted by Gasteiger charge is 2.17. The van der Waals surface area contributed by atoms with E-state index in [1.165, 1.54) is 4.31 Å². The van der Waals surface area contributed by atoms with Gasteiger partial charge in [-0.1, -0.05) is 29.8 Å². The first-order chi connectivity index (χ1) is 16.3. The van der Waals surface area contributed by atoms with E-state index < -0.39 is 10.0 Å². The van der Waals surface area contributed by atoms with Crippen LogP contribution in [-0.2, 0) is 14.8 Å². The van der Waals surface area contributed by atoms with Crippen molar-refractivity contribution in [3.05, 3.63) is 83.9 Å². The van der Waals surface area contributed by atoms with Crippen LogP contribution in [0.15, 0.2) is 78.9 Å². The van der Waals surface area contributed by atoms with Gasteiger partial charge in [0, 0.05) is 18.0 Å². The van der Waals surface area contributed by atoms with E-state index in [-0.39, 0.29) is 18.9 Å². The van der Waals surface area contributed by atoms with Gasteiger partial charge in [0.25, 0.3) is 0 Å². The standard InChI is InChI=1S/C25H27ClN2O5S/c1-34(30,31)28(21-11-15-24(16-12-21)33-23-6-3-2-4-7-23)18-5-8-25(29)27-17-19-32-22-13-9-20(26)10-14-22/h2-4,6-7,9-16H,5,8,17-19H2,1H3,(H,27,29). The minimum absolute atomic E-state index is 0.167. The molecule has 34 heavy (non-hydrogen) atoms. The molecule has 180 valence electrons. The van der Waals surface area contributed by atoms with E-state index in [0.717, 1.165) is 6.26 Å². The van der Waals surface area contributed by atoms with Crippen LogP contribution in [0.25, 0.3) is 0 Å².